The lowest BCUT2D eigenvalue weighted by molar-refractivity contribution is -0.137. The number of aromatic nitrogens is 2. The molecule has 5 rings (SSSR count). The van der Waals surface area contributed by atoms with Crippen molar-refractivity contribution in [3.8, 4) is 0 Å². The fourth-order valence-electron chi connectivity index (χ4n) is 5.82. The van der Waals surface area contributed by atoms with Crippen molar-refractivity contribution in [3.05, 3.63) is 52.7 Å². The van der Waals surface area contributed by atoms with Crippen molar-refractivity contribution in [1.29, 1.82) is 0 Å². The Morgan fingerprint density at radius 1 is 1.18 bits per heavy atom. The number of piperazine rings is 1. The molecule has 0 saturated carbocycles. The van der Waals surface area contributed by atoms with Gasteiger partial charge in [0.2, 0.25) is 5.91 Å². The molecule has 0 spiro atoms. The first-order valence-corrected chi connectivity index (χ1v) is 13.4. The van der Waals surface area contributed by atoms with Gasteiger partial charge in [0.15, 0.2) is 0 Å². The molecule has 3 aliphatic rings. The highest BCUT2D eigenvalue weighted by Crippen LogP contribution is 2.43. The molecule has 8 nitrogen and oxygen atoms in total. The zero-order valence-electron chi connectivity index (χ0n) is 21.8. The Morgan fingerprint density at radius 2 is 1.90 bits per heavy atom. The second-order valence-electron chi connectivity index (χ2n) is 10.5. The number of carbonyl (C=O) groups is 1. The number of nitrogens with one attached hydrogen (secondary N) is 1. The predicted molar refractivity (Wildman–Crippen MR) is 135 cm³/mol. The summed E-state index contributed by atoms with van der Waals surface area (Å²) in [5.41, 5.74) is 0.433. The molecule has 212 valence electrons. The molecule has 2 aromatic rings. The van der Waals surface area contributed by atoms with Gasteiger partial charge in [-0.25, -0.2) is 14.4 Å². The molecule has 2 fully saturated rings. The third-order valence-corrected chi connectivity index (χ3v) is 8.00. The summed E-state index contributed by atoms with van der Waals surface area (Å²) in [6.45, 7) is 4.96. The van der Waals surface area contributed by atoms with Crippen LogP contribution in [0.2, 0.25) is 0 Å². The number of hydrogen-bond donors (Lipinski definition) is 2. The van der Waals surface area contributed by atoms with Crippen LogP contribution in [0, 0.1) is 5.82 Å². The second kappa shape index (κ2) is 11.3. The number of aliphatic hydroxyl groups excluding tert-OH is 1. The maximum absolute atomic E-state index is 15.0. The van der Waals surface area contributed by atoms with E-state index in [0.717, 1.165) is 36.4 Å². The van der Waals surface area contributed by atoms with Gasteiger partial charge in [0.05, 0.1) is 23.3 Å². The largest absolute Gasteiger partial charge is 0.416 e. The van der Waals surface area contributed by atoms with E-state index in [4.69, 9.17) is 4.74 Å². The fourth-order valence-corrected chi connectivity index (χ4v) is 5.82. The molecule has 39 heavy (non-hydrogen) atoms. The topological polar surface area (TPSA) is 90.8 Å². The van der Waals surface area contributed by atoms with Crippen LogP contribution in [0.1, 0.15) is 66.5 Å². The van der Waals surface area contributed by atoms with Crippen LogP contribution >= 0.6 is 0 Å². The lowest BCUT2D eigenvalue weighted by Gasteiger charge is -2.38. The standard InChI is InChI=1S/C27H33F4N5O3/c1-16-12-22(37)24-23(16)25(34-15-33-24)35-6-8-36(9-7-35)26(38)20(14-32-18-4-10-39-11-5-18)19-3-2-17(13-21(19)28)27(29,30)31/h2-3,13,15-16,18,20,22,32,37H,4-12,14H2,1H3/t16-,20?,22+/m1/s1. The van der Waals surface area contributed by atoms with Crippen molar-refractivity contribution in [2.75, 3.05) is 50.8 Å². The van der Waals surface area contributed by atoms with Gasteiger partial charge in [-0.3, -0.25) is 4.79 Å². The number of hydrogen-bond acceptors (Lipinski definition) is 7. The highest BCUT2D eigenvalue weighted by atomic mass is 19.4. The van der Waals surface area contributed by atoms with Gasteiger partial charge in [-0.2, -0.15) is 13.2 Å². The molecular formula is C27H33F4N5O3. The molecule has 1 aromatic heterocycles. The minimum atomic E-state index is -4.68. The minimum absolute atomic E-state index is 0.0496. The van der Waals surface area contributed by atoms with E-state index in [1.165, 1.54) is 6.33 Å². The lowest BCUT2D eigenvalue weighted by Crippen LogP contribution is -2.52. The predicted octanol–water partition coefficient (Wildman–Crippen LogP) is 3.38. The number of ether oxygens (including phenoxy) is 1. The van der Waals surface area contributed by atoms with Gasteiger partial charge in [-0.15, -0.1) is 0 Å². The molecule has 0 bridgehead atoms. The molecule has 1 amide bonds. The first-order valence-electron chi connectivity index (χ1n) is 13.4. The Morgan fingerprint density at radius 3 is 2.56 bits per heavy atom. The van der Waals surface area contributed by atoms with Crippen molar-refractivity contribution >= 4 is 11.7 Å². The van der Waals surface area contributed by atoms with Gasteiger partial charge in [-0.05, 0) is 37.3 Å². The summed E-state index contributed by atoms with van der Waals surface area (Å²) in [5, 5.41) is 13.6. The zero-order chi connectivity index (χ0) is 27.7. The van der Waals surface area contributed by atoms with Crippen molar-refractivity contribution in [3.63, 3.8) is 0 Å². The fraction of sp³-hybridized carbons (Fsp3) is 0.593. The summed E-state index contributed by atoms with van der Waals surface area (Å²) in [6.07, 6.45) is -1.79. The van der Waals surface area contributed by atoms with Crippen molar-refractivity contribution in [2.45, 2.75) is 56.3 Å². The average molecular weight is 552 g/mol. The number of anilines is 1. The summed E-state index contributed by atoms with van der Waals surface area (Å²) in [4.78, 5) is 26.2. The van der Waals surface area contributed by atoms with Gasteiger partial charge in [0.1, 0.15) is 18.0 Å². The van der Waals surface area contributed by atoms with E-state index < -0.39 is 29.6 Å². The van der Waals surface area contributed by atoms with Gasteiger partial charge >= 0.3 is 6.18 Å². The Balaban J connectivity index is 1.32. The van der Waals surface area contributed by atoms with Crippen molar-refractivity contribution < 1.29 is 32.2 Å². The van der Waals surface area contributed by atoms with E-state index in [1.54, 1.807) is 4.90 Å². The van der Waals surface area contributed by atoms with Gasteiger partial charge in [-0.1, -0.05) is 13.0 Å². The molecular weight excluding hydrogens is 518 g/mol. The van der Waals surface area contributed by atoms with Crippen LogP contribution in [0.3, 0.4) is 0 Å². The van der Waals surface area contributed by atoms with Crippen molar-refractivity contribution in [2.24, 2.45) is 0 Å². The van der Waals surface area contributed by atoms with Crippen molar-refractivity contribution in [1.82, 2.24) is 20.2 Å². The average Bonchev–Trinajstić information content (AvgIpc) is 3.22. The summed E-state index contributed by atoms with van der Waals surface area (Å²) in [6, 6.07) is 2.46. The third-order valence-electron chi connectivity index (χ3n) is 8.00. The first kappa shape index (κ1) is 27.7. The van der Waals surface area contributed by atoms with E-state index in [2.05, 4.69) is 20.2 Å². The van der Waals surface area contributed by atoms with E-state index in [9.17, 15) is 23.1 Å². The van der Waals surface area contributed by atoms with Crippen LogP contribution in [0.25, 0.3) is 0 Å². The zero-order valence-corrected chi connectivity index (χ0v) is 21.8. The molecule has 1 aromatic carbocycles. The Hall–Kier alpha value is -2.83. The smallest absolute Gasteiger partial charge is 0.387 e. The summed E-state index contributed by atoms with van der Waals surface area (Å²) in [5.74, 6) is -1.48. The second-order valence-corrected chi connectivity index (χ2v) is 10.5. The Labute approximate surface area is 224 Å². The van der Waals surface area contributed by atoms with Gasteiger partial charge in [0, 0.05) is 63.1 Å². The Bertz CT molecular complexity index is 1180. The SMILES string of the molecule is C[C@@H]1C[C@H](O)c2ncnc(N3CCN(C(=O)C(CNC4CCOCC4)c4ccc(C(F)(F)F)cc4F)CC3)c21. The Kier molecular flexibility index (Phi) is 8.06. The van der Waals surface area contributed by atoms with Crippen LogP contribution in [0.15, 0.2) is 24.5 Å². The summed E-state index contributed by atoms with van der Waals surface area (Å²) < 4.78 is 59.9. The number of nitrogens with zero attached hydrogens (tertiary/aromatic N) is 4. The summed E-state index contributed by atoms with van der Waals surface area (Å²) >= 11 is 0. The van der Waals surface area contributed by atoms with Crippen LogP contribution in [0.5, 0.6) is 0 Å². The molecule has 2 saturated heterocycles. The number of halogens is 4. The molecule has 1 aliphatic carbocycles. The molecule has 2 N–H and O–H groups in total. The molecule has 1 unspecified atom stereocenters. The van der Waals surface area contributed by atoms with E-state index in [-0.39, 0.29) is 30.0 Å². The number of fused-ring (bicyclic) bond motifs is 1. The van der Waals surface area contributed by atoms with E-state index in [1.807, 2.05) is 6.92 Å². The number of rotatable bonds is 6. The molecule has 0 radical (unpaired) electrons. The number of aliphatic hydroxyl groups is 1. The molecule has 2 aliphatic heterocycles. The quantitative estimate of drug-likeness (QED) is 0.532. The lowest BCUT2D eigenvalue weighted by atomic mass is 9.94. The summed E-state index contributed by atoms with van der Waals surface area (Å²) in [7, 11) is 0. The monoisotopic (exact) mass is 551 g/mol. The van der Waals surface area contributed by atoms with Crippen LogP contribution in [-0.4, -0.2) is 77.9 Å². The molecule has 12 heteroatoms. The molecule has 3 heterocycles. The number of amides is 1. The van der Waals surface area contributed by atoms with Crippen LogP contribution < -0.4 is 10.2 Å². The maximum Gasteiger partial charge on any atom is 0.416 e. The van der Waals surface area contributed by atoms with Crippen LogP contribution in [-0.2, 0) is 15.7 Å². The highest BCUT2D eigenvalue weighted by Gasteiger charge is 2.37. The normalized spacial score (nSPS) is 23.1. The first-order chi connectivity index (χ1) is 18.6. The van der Waals surface area contributed by atoms with Gasteiger partial charge < -0.3 is 25.0 Å². The highest BCUT2D eigenvalue weighted by molar-refractivity contribution is 5.84. The third kappa shape index (κ3) is 5.87. The van der Waals surface area contributed by atoms with Crippen LogP contribution in [0.4, 0.5) is 23.4 Å². The number of benzene rings is 1. The number of carbonyl (C=O) groups excluding carboxylic acids is 1. The van der Waals surface area contributed by atoms with Gasteiger partial charge in [0.25, 0.3) is 0 Å². The minimum Gasteiger partial charge on any atom is -0.387 e. The van der Waals surface area contributed by atoms with E-state index >= 15 is 4.39 Å². The molecule has 3 atom stereocenters. The van der Waals surface area contributed by atoms with E-state index in [0.29, 0.717) is 57.6 Å². The maximum atomic E-state index is 15.0. The number of alkyl halides is 3.